The number of aliphatic carboxylic acids is 1. The van der Waals surface area contributed by atoms with Crippen molar-refractivity contribution >= 4 is 17.6 Å². The number of carbonyl (C=O) groups is 1. The maximum atomic E-state index is 13.1. The quantitative estimate of drug-likeness (QED) is 0.840. The minimum absolute atomic E-state index is 0.0402. The first-order valence-electron chi connectivity index (χ1n) is 5.07. The summed E-state index contributed by atoms with van der Waals surface area (Å²) in [5.74, 6) is -2.86. The third-order valence-electron chi connectivity index (χ3n) is 2.66. The molecule has 8 heteroatoms. The maximum Gasteiger partial charge on any atom is 0.417 e. The predicted octanol–water partition coefficient (Wildman–Crippen LogP) is 2.97. The lowest BCUT2D eigenvalue weighted by atomic mass is 10.0. The van der Waals surface area contributed by atoms with Crippen LogP contribution in [0, 0.1) is 5.82 Å². The third kappa shape index (κ3) is 3.16. The fourth-order valence-electron chi connectivity index (χ4n) is 1.25. The summed E-state index contributed by atoms with van der Waals surface area (Å²) in [5.41, 5.74) is -3.10. The highest BCUT2D eigenvalue weighted by Crippen LogP contribution is 2.31. The summed E-state index contributed by atoms with van der Waals surface area (Å²) in [4.78, 5) is 10.8. The van der Waals surface area contributed by atoms with Crippen LogP contribution >= 0.6 is 11.6 Å². The zero-order valence-corrected chi connectivity index (χ0v) is 10.4. The maximum absolute atomic E-state index is 13.1. The molecule has 0 bridgehead atoms. The molecule has 1 unspecified atom stereocenters. The Hall–Kier alpha value is -1.34. The van der Waals surface area contributed by atoms with Gasteiger partial charge in [0.2, 0.25) is 5.54 Å². The molecule has 2 N–H and O–H groups in total. The lowest BCUT2D eigenvalue weighted by Gasteiger charge is -2.28. The van der Waals surface area contributed by atoms with Crippen molar-refractivity contribution in [2.24, 2.45) is 0 Å². The van der Waals surface area contributed by atoms with Gasteiger partial charge in [0, 0.05) is 6.54 Å². The van der Waals surface area contributed by atoms with Crippen LogP contribution in [0.2, 0.25) is 5.02 Å². The van der Waals surface area contributed by atoms with E-state index in [1.165, 1.54) is 12.1 Å². The van der Waals surface area contributed by atoms with Crippen LogP contribution in [-0.2, 0) is 11.3 Å². The van der Waals surface area contributed by atoms with E-state index < -0.39 is 30.0 Å². The van der Waals surface area contributed by atoms with Crippen molar-refractivity contribution in [3.05, 3.63) is 34.6 Å². The van der Waals surface area contributed by atoms with Gasteiger partial charge in [0.1, 0.15) is 5.82 Å². The van der Waals surface area contributed by atoms with E-state index in [4.69, 9.17) is 16.7 Å². The van der Waals surface area contributed by atoms with Gasteiger partial charge in [-0.15, -0.1) is 0 Å². The van der Waals surface area contributed by atoms with Gasteiger partial charge >= 0.3 is 12.1 Å². The molecule has 0 heterocycles. The first-order chi connectivity index (χ1) is 8.59. The monoisotopic (exact) mass is 299 g/mol. The standard InChI is InChI=1S/C11H10ClF4NO2/c1-10(9(18)19,11(14,15)16)17-5-6-3-2-4-7(13)8(6)12/h2-4,17H,5H2,1H3,(H,18,19). The number of rotatable bonds is 4. The number of halogens is 5. The van der Waals surface area contributed by atoms with Crippen LogP contribution < -0.4 is 5.32 Å². The van der Waals surface area contributed by atoms with Gasteiger partial charge in [-0.25, -0.2) is 9.18 Å². The highest BCUT2D eigenvalue weighted by Gasteiger charge is 2.57. The predicted molar refractivity (Wildman–Crippen MR) is 60.3 cm³/mol. The zero-order valence-electron chi connectivity index (χ0n) is 9.68. The average molecular weight is 300 g/mol. The Morgan fingerprint density at radius 3 is 2.47 bits per heavy atom. The number of hydrogen-bond donors (Lipinski definition) is 2. The molecule has 0 aliphatic heterocycles. The molecule has 106 valence electrons. The van der Waals surface area contributed by atoms with Gasteiger partial charge in [0.15, 0.2) is 0 Å². The number of carboxylic acid groups (broad SMARTS) is 1. The highest BCUT2D eigenvalue weighted by molar-refractivity contribution is 6.31. The molecule has 19 heavy (non-hydrogen) atoms. The van der Waals surface area contributed by atoms with Gasteiger partial charge in [-0.3, -0.25) is 5.32 Å². The van der Waals surface area contributed by atoms with Gasteiger partial charge in [-0.1, -0.05) is 23.7 Å². The number of carboxylic acids is 1. The molecule has 0 spiro atoms. The van der Waals surface area contributed by atoms with Crippen molar-refractivity contribution in [1.82, 2.24) is 5.32 Å². The van der Waals surface area contributed by atoms with Crippen LogP contribution in [0.25, 0.3) is 0 Å². The molecule has 3 nitrogen and oxygen atoms in total. The van der Waals surface area contributed by atoms with Crippen molar-refractivity contribution in [2.75, 3.05) is 0 Å². The number of nitrogens with one attached hydrogen (secondary N) is 1. The summed E-state index contributed by atoms with van der Waals surface area (Å²) in [6.07, 6.45) is -5.00. The number of alkyl halides is 3. The van der Waals surface area contributed by atoms with E-state index in [-0.39, 0.29) is 10.6 Å². The minimum atomic E-state index is -5.00. The zero-order chi connectivity index (χ0) is 14.8. The normalized spacial score (nSPS) is 15.1. The van der Waals surface area contributed by atoms with Crippen molar-refractivity contribution in [3.63, 3.8) is 0 Å². The van der Waals surface area contributed by atoms with E-state index in [9.17, 15) is 22.4 Å². The van der Waals surface area contributed by atoms with Crippen molar-refractivity contribution < 1.29 is 27.5 Å². The van der Waals surface area contributed by atoms with Crippen LogP contribution in [0.15, 0.2) is 18.2 Å². The molecule has 1 atom stereocenters. The van der Waals surface area contributed by atoms with Gasteiger partial charge < -0.3 is 5.11 Å². The van der Waals surface area contributed by atoms with E-state index >= 15 is 0 Å². The van der Waals surface area contributed by atoms with Gasteiger partial charge in [-0.05, 0) is 18.6 Å². The fraction of sp³-hybridized carbons (Fsp3) is 0.364. The van der Waals surface area contributed by atoms with Crippen LogP contribution in [0.1, 0.15) is 12.5 Å². The summed E-state index contributed by atoms with van der Waals surface area (Å²) < 4.78 is 51.2. The minimum Gasteiger partial charge on any atom is -0.480 e. The molecule has 0 radical (unpaired) electrons. The fourth-order valence-corrected chi connectivity index (χ4v) is 1.45. The second-order valence-corrected chi connectivity index (χ2v) is 4.37. The van der Waals surface area contributed by atoms with Crippen LogP contribution in [0.3, 0.4) is 0 Å². The van der Waals surface area contributed by atoms with E-state index in [0.717, 1.165) is 6.07 Å². The Balaban J connectivity index is 2.96. The molecule has 0 amide bonds. The summed E-state index contributed by atoms with van der Waals surface area (Å²) in [7, 11) is 0. The van der Waals surface area contributed by atoms with Crippen LogP contribution in [0.4, 0.5) is 17.6 Å². The summed E-state index contributed by atoms with van der Waals surface area (Å²) >= 11 is 5.57. The average Bonchev–Trinajstić information content (AvgIpc) is 2.28. The van der Waals surface area contributed by atoms with Crippen LogP contribution in [0.5, 0.6) is 0 Å². The molecular formula is C11H10ClF4NO2. The second-order valence-electron chi connectivity index (χ2n) is 3.99. The molecule has 1 aromatic carbocycles. The van der Waals surface area contributed by atoms with Crippen molar-refractivity contribution in [1.29, 1.82) is 0 Å². The summed E-state index contributed by atoms with van der Waals surface area (Å²) in [5, 5.41) is 10.2. The van der Waals surface area contributed by atoms with Crippen molar-refractivity contribution in [3.8, 4) is 0 Å². The highest BCUT2D eigenvalue weighted by atomic mass is 35.5. The van der Waals surface area contributed by atoms with Gasteiger partial charge in [0.05, 0.1) is 5.02 Å². The molecule has 1 rings (SSSR count). The van der Waals surface area contributed by atoms with Crippen LogP contribution in [-0.4, -0.2) is 22.8 Å². The van der Waals surface area contributed by atoms with Gasteiger partial charge in [-0.2, -0.15) is 13.2 Å². The van der Waals surface area contributed by atoms with E-state index in [2.05, 4.69) is 0 Å². The Morgan fingerprint density at radius 2 is 2.00 bits per heavy atom. The topological polar surface area (TPSA) is 49.3 Å². The Labute approximate surface area is 111 Å². The Kier molecular flexibility index (Phi) is 4.42. The summed E-state index contributed by atoms with van der Waals surface area (Å²) in [6.45, 7) is -0.0402. The molecule has 0 aromatic heterocycles. The lowest BCUT2D eigenvalue weighted by molar-refractivity contribution is -0.206. The Morgan fingerprint density at radius 1 is 1.42 bits per heavy atom. The Bertz CT molecular complexity index is 492. The summed E-state index contributed by atoms with van der Waals surface area (Å²) in [6, 6.07) is 3.62. The first kappa shape index (κ1) is 15.7. The van der Waals surface area contributed by atoms with Crippen molar-refractivity contribution in [2.45, 2.75) is 25.2 Å². The van der Waals surface area contributed by atoms with E-state index in [0.29, 0.717) is 6.92 Å². The number of benzene rings is 1. The molecule has 0 saturated heterocycles. The smallest absolute Gasteiger partial charge is 0.417 e. The molecular weight excluding hydrogens is 290 g/mol. The molecule has 0 fully saturated rings. The lowest BCUT2D eigenvalue weighted by Crippen LogP contribution is -2.59. The van der Waals surface area contributed by atoms with Gasteiger partial charge in [0.25, 0.3) is 0 Å². The second kappa shape index (κ2) is 5.34. The third-order valence-corrected chi connectivity index (χ3v) is 3.08. The number of hydrogen-bond acceptors (Lipinski definition) is 2. The van der Waals surface area contributed by atoms with E-state index in [1.54, 1.807) is 0 Å². The SMILES string of the molecule is CC(NCc1cccc(F)c1Cl)(C(=O)O)C(F)(F)F. The van der Waals surface area contributed by atoms with E-state index in [1.807, 2.05) is 5.32 Å². The molecule has 0 aliphatic rings. The molecule has 0 saturated carbocycles. The molecule has 0 aliphatic carbocycles. The largest absolute Gasteiger partial charge is 0.480 e. The first-order valence-corrected chi connectivity index (χ1v) is 5.45. The molecule has 1 aromatic rings.